The first-order valence-corrected chi connectivity index (χ1v) is 6.85. The highest BCUT2D eigenvalue weighted by atomic mass is 79.9. The highest BCUT2D eigenvalue weighted by Crippen LogP contribution is 2.26. The Balaban J connectivity index is 2.29. The van der Waals surface area contributed by atoms with Gasteiger partial charge in [-0.3, -0.25) is 9.97 Å². The van der Waals surface area contributed by atoms with Gasteiger partial charge in [-0.25, -0.2) is 0 Å². The molecule has 0 saturated heterocycles. The normalized spacial score (nSPS) is 12.5. The number of hydrogen-bond donors (Lipinski definition) is 1. The Morgan fingerprint density at radius 1 is 1.32 bits per heavy atom. The van der Waals surface area contributed by atoms with Gasteiger partial charge in [0.1, 0.15) is 5.75 Å². The Bertz CT molecular complexity index is 560. The van der Waals surface area contributed by atoms with Gasteiger partial charge in [0.05, 0.1) is 24.0 Å². The van der Waals surface area contributed by atoms with E-state index in [0.717, 1.165) is 21.5 Å². The molecule has 2 heterocycles. The van der Waals surface area contributed by atoms with Crippen molar-refractivity contribution in [2.45, 2.75) is 26.0 Å². The van der Waals surface area contributed by atoms with Crippen LogP contribution in [0.5, 0.6) is 5.75 Å². The first-order valence-electron chi connectivity index (χ1n) is 6.05. The summed E-state index contributed by atoms with van der Waals surface area (Å²) < 4.78 is 6.51. The quantitative estimate of drug-likeness (QED) is 0.940. The second-order valence-corrected chi connectivity index (χ2v) is 5.32. The Labute approximate surface area is 121 Å². The summed E-state index contributed by atoms with van der Waals surface area (Å²) in [6, 6.07) is 5.35. The minimum Gasteiger partial charge on any atom is -0.489 e. The van der Waals surface area contributed by atoms with Crippen LogP contribution in [0.3, 0.4) is 0 Å². The van der Waals surface area contributed by atoms with Crippen molar-refractivity contribution in [3.63, 3.8) is 0 Å². The van der Waals surface area contributed by atoms with Crippen molar-refractivity contribution >= 4 is 15.9 Å². The highest BCUT2D eigenvalue weighted by molar-refractivity contribution is 9.10. The molecular formula is C14H16BrN3O. The number of rotatable bonds is 4. The molecule has 0 aliphatic carbocycles. The van der Waals surface area contributed by atoms with Crippen molar-refractivity contribution in [2.75, 3.05) is 0 Å². The fourth-order valence-corrected chi connectivity index (χ4v) is 2.23. The maximum absolute atomic E-state index is 6.23. The molecule has 0 spiro atoms. The largest absolute Gasteiger partial charge is 0.489 e. The number of nitrogens with zero attached hydrogens (tertiary/aromatic N) is 2. The average molecular weight is 322 g/mol. The summed E-state index contributed by atoms with van der Waals surface area (Å²) in [5.41, 5.74) is 7.88. The zero-order valence-electron chi connectivity index (χ0n) is 10.9. The minimum atomic E-state index is -0.334. The van der Waals surface area contributed by atoms with Crippen molar-refractivity contribution in [2.24, 2.45) is 5.73 Å². The van der Waals surface area contributed by atoms with Gasteiger partial charge < -0.3 is 10.5 Å². The van der Waals surface area contributed by atoms with Gasteiger partial charge in [-0.05, 0) is 53.5 Å². The van der Waals surface area contributed by atoms with Crippen molar-refractivity contribution in [1.82, 2.24) is 9.97 Å². The Morgan fingerprint density at radius 2 is 2.11 bits per heavy atom. The number of halogens is 1. The molecule has 0 fully saturated rings. The van der Waals surface area contributed by atoms with Crippen LogP contribution in [0.15, 0.2) is 41.3 Å². The molecule has 1 atom stereocenters. The molecule has 2 N–H and O–H groups in total. The van der Waals surface area contributed by atoms with Crippen molar-refractivity contribution in [3.8, 4) is 5.75 Å². The van der Waals surface area contributed by atoms with Gasteiger partial charge in [0.15, 0.2) is 0 Å². The van der Waals surface area contributed by atoms with Gasteiger partial charge in [-0.15, -0.1) is 0 Å². The van der Waals surface area contributed by atoms with E-state index in [9.17, 15) is 0 Å². The van der Waals surface area contributed by atoms with Crippen LogP contribution in [0.4, 0.5) is 0 Å². The molecule has 5 heteroatoms. The van der Waals surface area contributed by atoms with Crippen molar-refractivity contribution < 1.29 is 4.74 Å². The summed E-state index contributed by atoms with van der Waals surface area (Å²) in [7, 11) is 0. The number of aromatic nitrogens is 2. The lowest BCUT2D eigenvalue weighted by atomic mass is 10.1. The van der Waals surface area contributed by atoms with Gasteiger partial charge in [-0.2, -0.15) is 0 Å². The molecule has 2 aromatic heterocycles. The van der Waals surface area contributed by atoms with E-state index in [4.69, 9.17) is 10.5 Å². The predicted octanol–water partition coefficient (Wildman–Crippen LogP) is 3.07. The zero-order chi connectivity index (χ0) is 13.8. The van der Waals surface area contributed by atoms with E-state index in [-0.39, 0.29) is 12.1 Å². The van der Waals surface area contributed by atoms with Crippen LogP contribution in [0.2, 0.25) is 0 Å². The summed E-state index contributed by atoms with van der Waals surface area (Å²) in [6.45, 7) is 3.95. The average Bonchev–Trinajstić information content (AvgIpc) is 2.38. The molecule has 0 bridgehead atoms. The fraction of sp³-hybridized carbons (Fsp3) is 0.286. The molecule has 2 aromatic rings. The van der Waals surface area contributed by atoms with Crippen molar-refractivity contribution in [1.29, 1.82) is 0 Å². The second kappa shape index (κ2) is 6.12. The van der Waals surface area contributed by atoms with Gasteiger partial charge in [-0.1, -0.05) is 0 Å². The fourth-order valence-electron chi connectivity index (χ4n) is 1.73. The topological polar surface area (TPSA) is 61.0 Å². The third-order valence-corrected chi connectivity index (χ3v) is 3.22. The van der Waals surface area contributed by atoms with Crippen molar-refractivity contribution in [3.05, 3.63) is 52.5 Å². The molecule has 0 aliphatic rings. The van der Waals surface area contributed by atoms with Crippen LogP contribution >= 0.6 is 15.9 Å². The molecule has 100 valence electrons. The maximum atomic E-state index is 6.23. The molecule has 0 aromatic carbocycles. The molecular weight excluding hydrogens is 306 g/mol. The van der Waals surface area contributed by atoms with Gasteiger partial charge in [0, 0.05) is 16.9 Å². The van der Waals surface area contributed by atoms with Crippen LogP contribution in [0.25, 0.3) is 0 Å². The first kappa shape index (κ1) is 14.0. The lowest BCUT2D eigenvalue weighted by Crippen LogP contribution is -2.15. The van der Waals surface area contributed by atoms with E-state index < -0.39 is 0 Å². The number of ether oxygens (including phenoxy) is 1. The predicted molar refractivity (Wildman–Crippen MR) is 78.0 cm³/mol. The van der Waals surface area contributed by atoms with Gasteiger partial charge in [0.25, 0.3) is 0 Å². The summed E-state index contributed by atoms with van der Waals surface area (Å²) in [5, 5.41) is 0. The third-order valence-electron chi connectivity index (χ3n) is 2.55. The molecule has 2 rings (SSSR count). The summed E-state index contributed by atoms with van der Waals surface area (Å²) in [5.74, 6) is 0.718. The number of hydrogen-bond acceptors (Lipinski definition) is 4. The zero-order valence-corrected chi connectivity index (χ0v) is 12.5. The number of nitrogens with two attached hydrogens (primary N) is 1. The molecule has 4 nitrogen and oxygen atoms in total. The smallest absolute Gasteiger partial charge is 0.138 e. The summed E-state index contributed by atoms with van der Waals surface area (Å²) in [4.78, 5) is 8.47. The second-order valence-electron chi connectivity index (χ2n) is 4.47. The molecule has 1 unspecified atom stereocenters. The summed E-state index contributed by atoms with van der Waals surface area (Å²) >= 11 is 3.46. The lowest BCUT2D eigenvalue weighted by Gasteiger charge is -2.15. The van der Waals surface area contributed by atoms with E-state index in [2.05, 4.69) is 25.9 Å². The molecule has 0 radical (unpaired) electrons. The molecule has 0 saturated carbocycles. The van der Waals surface area contributed by atoms with Crippen LogP contribution < -0.4 is 10.5 Å². The minimum absolute atomic E-state index is 0.106. The van der Waals surface area contributed by atoms with Gasteiger partial charge >= 0.3 is 0 Å². The Hall–Kier alpha value is -1.46. The Morgan fingerprint density at radius 3 is 2.79 bits per heavy atom. The maximum Gasteiger partial charge on any atom is 0.138 e. The van der Waals surface area contributed by atoms with E-state index in [1.807, 2.05) is 32.0 Å². The van der Waals surface area contributed by atoms with E-state index >= 15 is 0 Å². The van der Waals surface area contributed by atoms with Gasteiger partial charge in [0.2, 0.25) is 0 Å². The molecule has 0 aliphatic heterocycles. The molecule has 19 heavy (non-hydrogen) atoms. The van der Waals surface area contributed by atoms with Crippen LogP contribution in [-0.4, -0.2) is 16.1 Å². The number of pyridine rings is 2. The monoisotopic (exact) mass is 321 g/mol. The first-order chi connectivity index (χ1) is 9.08. The van der Waals surface area contributed by atoms with Crippen LogP contribution in [-0.2, 0) is 0 Å². The Kier molecular flexibility index (Phi) is 4.50. The standard InChI is InChI=1S/C14H16BrN3O/c1-9(2)19-11-6-10(7-17-8-11)13(16)14-12(15)4-3-5-18-14/h3-9,13H,16H2,1-2H3. The third kappa shape index (κ3) is 3.52. The van der Waals surface area contributed by atoms with E-state index in [1.54, 1.807) is 18.6 Å². The van der Waals surface area contributed by atoms with E-state index in [0.29, 0.717) is 0 Å². The van der Waals surface area contributed by atoms with Crippen LogP contribution in [0, 0.1) is 0 Å². The van der Waals surface area contributed by atoms with E-state index in [1.165, 1.54) is 0 Å². The van der Waals surface area contributed by atoms with Crippen LogP contribution in [0.1, 0.15) is 31.1 Å². The lowest BCUT2D eigenvalue weighted by molar-refractivity contribution is 0.241. The SMILES string of the molecule is CC(C)Oc1cncc(C(N)c2ncccc2Br)c1. The molecule has 0 amide bonds. The summed E-state index contributed by atoms with van der Waals surface area (Å²) in [6.07, 6.45) is 5.25. The highest BCUT2D eigenvalue weighted by Gasteiger charge is 2.14.